The van der Waals surface area contributed by atoms with Crippen molar-refractivity contribution < 1.29 is 0 Å². The average molecular weight is 415 g/mol. The van der Waals surface area contributed by atoms with Crippen molar-refractivity contribution in [2.24, 2.45) is 4.99 Å². The summed E-state index contributed by atoms with van der Waals surface area (Å²) in [4.78, 5) is 15.1. The Labute approximate surface area is 183 Å². The average Bonchev–Trinajstić information content (AvgIpc) is 2.78. The Kier molecular flexibility index (Phi) is 8.40. The van der Waals surface area contributed by atoms with Crippen molar-refractivity contribution in [2.75, 3.05) is 76.9 Å². The fourth-order valence-corrected chi connectivity index (χ4v) is 4.52. The van der Waals surface area contributed by atoms with E-state index in [9.17, 15) is 0 Å². The van der Waals surface area contributed by atoms with Crippen LogP contribution < -0.4 is 10.2 Å². The molecular weight excluding hydrogens is 372 g/mol. The van der Waals surface area contributed by atoms with Gasteiger partial charge < -0.3 is 20.0 Å². The fraction of sp³-hybridized carbons (Fsp3) is 0.708. The summed E-state index contributed by atoms with van der Waals surface area (Å²) < 4.78 is 0. The standard InChI is InChI=1S/C24H42N6/c1-6-25-24(26-19-21(4)28-13-11-27(7-2)12-14-28)30-17-15-29(16-18-30)23-10-8-9-20(3)22(23)5/h8-10,21H,6-7,11-19H2,1-5H3,(H,25,26). The third kappa shape index (κ3) is 5.67. The molecule has 6 heteroatoms. The van der Waals surface area contributed by atoms with E-state index in [1.54, 1.807) is 0 Å². The molecule has 0 amide bonds. The van der Waals surface area contributed by atoms with Crippen LogP contribution in [-0.4, -0.2) is 98.7 Å². The third-order valence-corrected chi connectivity index (χ3v) is 6.81. The predicted octanol–water partition coefficient (Wildman–Crippen LogP) is 2.42. The number of nitrogens with one attached hydrogen (secondary N) is 1. The number of likely N-dealkylation sites (N-methyl/N-ethyl adjacent to an activating group) is 1. The Morgan fingerprint density at radius 1 is 1.00 bits per heavy atom. The summed E-state index contributed by atoms with van der Waals surface area (Å²) in [6, 6.07) is 7.14. The summed E-state index contributed by atoms with van der Waals surface area (Å²) in [5.41, 5.74) is 4.17. The van der Waals surface area contributed by atoms with Crippen LogP contribution in [0.25, 0.3) is 0 Å². The van der Waals surface area contributed by atoms with Crippen LogP contribution in [0.4, 0.5) is 5.69 Å². The van der Waals surface area contributed by atoms with E-state index < -0.39 is 0 Å². The number of hydrogen-bond donors (Lipinski definition) is 1. The second-order valence-electron chi connectivity index (χ2n) is 8.71. The summed E-state index contributed by atoms with van der Waals surface area (Å²) >= 11 is 0. The molecule has 2 heterocycles. The van der Waals surface area contributed by atoms with Gasteiger partial charge in [-0.05, 0) is 51.4 Å². The quantitative estimate of drug-likeness (QED) is 0.572. The molecule has 0 bridgehead atoms. The van der Waals surface area contributed by atoms with E-state index in [0.717, 1.165) is 58.3 Å². The molecule has 1 N–H and O–H groups in total. The van der Waals surface area contributed by atoms with Gasteiger partial charge in [0.1, 0.15) is 0 Å². The van der Waals surface area contributed by atoms with Gasteiger partial charge in [0.15, 0.2) is 5.96 Å². The number of nitrogens with zero attached hydrogens (tertiary/aromatic N) is 5. The molecule has 30 heavy (non-hydrogen) atoms. The first-order valence-corrected chi connectivity index (χ1v) is 11.8. The molecule has 1 aromatic rings. The molecule has 1 unspecified atom stereocenters. The van der Waals surface area contributed by atoms with E-state index >= 15 is 0 Å². The smallest absolute Gasteiger partial charge is 0.194 e. The van der Waals surface area contributed by atoms with Crippen molar-refractivity contribution >= 4 is 11.6 Å². The molecule has 1 atom stereocenters. The molecule has 3 rings (SSSR count). The highest BCUT2D eigenvalue weighted by Crippen LogP contribution is 2.23. The van der Waals surface area contributed by atoms with Gasteiger partial charge in [-0.3, -0.25) is 9.89 Å². The number of rotatable bonds is 6. The van der Waals surface area contributed by atoms with E-state index in [1.807, 2.05) is 0 Å². The molecule has 2 saturated heterocycles. The zero-order valence-corrected chi connectivity index (χ0v) is 19.8. The van der Waals surface area contributed by atoms with Crippen molar-refractivity contribution in [1.29, 1.82) is 0 Å². The zero-order valence-electron chi connectivity index (χ0n) is 19.8. The SMILES string of the molecule is CCNC(=NCC(C)N1CCN(CC)CC1)N1CCN(c2cccc(C)c2C)CC1. The van der Waals surface area contributed by atoms with Gasteiger partial charge in [0, 0.05) is 70.6 Å². The lowest BCUT2D eigenvalue weighted by Crippen LogP contribution is -2.53. The summed E-state index contributed by atoms with van der Waals surface area (Å²) in [6.45, 7) is 23.0. The largest absolute Gasteiger partial charge is 0.368 e. The van der Waals surface area contributed by atoms with Crippen LogP contribution in [0.5, 0.6) is 0 Å². The molecule has 168 valence electrons. The van der Waals surface area contributed by atoms with Crippen LogP contribution >= 0.6 is 0 Å². The van der Waals surface area contributed by atoms with Crippen molar-refractivity contribution in [3.05, 3.63) is 29.3 Å². The second-order valence-corrected chi connectivity index (χ2v) is 8.71. The van der Waals surface area contributed by atoms with Crippen LogP contribution in [0.3, 0.4) is 0 Å². The van der Waals surface area contributed by atoms with Gasteiger partial charge >= 0.3 is 0 Å². The molecule has 2 aliphatic heterocycles. The molecule has 0 aliphatic carbocycles. The number of hydrogen-bond acceptors (Lipinski definition) is 4. The minimum Gasteiger partial charge on any atom is -0.368 e. The van der Waals surface area contributed by atoms with E-state index in [2.05, 4.69) is 77.7 Å². The van der Waals surface area contributed by atoms with Crippen LogP contribution in [-0.2, 0) is 0 Å². The maximum atomic E-state index is 5.04. The summed E-state index contributed by atoms with van der Waals surface area (Å²) in [6.07, 6.45) is 0. The van der Waals surface area contributed by atoms with Gasteiger partial charge in [-0.25, -0.2) is 0 Å². The summed E-state index contributed by atoms with van der Waals surface area (Å²) in [5.74, 6) is 1.08. The van der Waals surface area contributed by atoms with E-state index in [0.29, 0.717) is 6.04 Å². The lowest BCUT2D eigenvalue weighted by Gasteiger charge is -2.39. The minimum atomic E-state index is 0.494. The highest BCUT2D eigenvalue weighted by Gasteiger charge is 2.23. The first-order valence-electron chi connectivity index (χ1n) is 11.8. The monoisotopic (exact) mass is 414 g/mol. The first kappa shape index (κ1) is 22.9. The molecule has 0 aromatic heterocycles. The van der Waals surface area contributed by atoms with E-state index in [1.165, 1.54) is 36.4 Å². The number of aliphatic imine (C=N–C) groups is 1. The Morgan fingerprint density at radius 3 is 2.33 bits per heavy atom. The molecule has 0 radical (unpaired) electrons. The van der Waals surface area contributed by atoms with Crippen molar-refractivity contribution in [3.63, 3.8) is 0 Å². The number of piperazine rings is 2. The van der Waals surface area contributed by atoms with Gasteiger partial charge in [0.25, 0.3) is 0 Å². The fourth-order valence-electron chi connectivity index (χ4n) is 4.52. The van der Waals surface area contributed by atoms with Gasteiger partial charge in [-0.2, -0.15) is 0 Å². The molecule has 6 nitrogen and oxygen atoms in total. The van der Waals surface area contributed by atoms with Crippen molar-refractivity contribution in [3.8, 4) is 0 Å². The van der Waals surface area contributed by atoms with Crippen LogP contribution in [0.2, 0.25) is 0 Å². The molecule has 2 fully saturated rings. The van der Waals surface area contributed by atoms with Crippen LogP contribution in [0, 0.1) is 13.8 Å². The number of anilines is 1. The van der Waals surface area contributed by atoms with Gasteiger partial charge in [0.05, 0.1) is 6.54 Å². The Morgan fingerprint density at radius 2 is 1.70 bits per heavy atom. The normalized spacial score (nSPS) is 20.5. The van der Waals surface area contributed by atoms with Gasteiger partial charge in [0.2, 0.25) is 0 Å². The zero-order chi connectivity index (χ0) is 21.5. The predicted molar refractivity (Wildman–Crippen MR) is 129 cm³/mol. The highest BCUT2D eigenvalue weighted by molar-refractivity contribution is 5.80. The Hall–Kier alpha value is -1.79. The third-order valence-electron chi connectivity index (χ3n) is 6.81. The lowest BCUT2D eigenvalue weighted by atomic mass is 10.1. The maximum Gasteiger partial charge on any atom is 0.194 e. The van der Waals surface area contributed by atoms with Gasteiger partial charge in [-0.1, -0.05) is 19.1 Å². The van der Waals surface area contributed by atoms with E-state index in [4.69, 9.17) is 4.99 Å². The number of benzene rings is 1. The molecule has 0 spiro atoms. The second kappa shape index (κ2) is 11.0. The van der Waals surface area contributed by atoms with Crippen LogP contribution in [0.1, 0.15) is 31.9 Å². The Bertz CT molecular complexity index is 687. The molecular formula is C24H42N6. The molecule has 0 saturated carbocycles. The molecule has 2 aliphatic rings. The van der Waals surface area contributed by atoms with Crippen LogP contribution in [0.15, 0.2) is 23.2 Å². The topological polar surface area (TPSA) is 37.4 Å². The van der Waals surface area contributed by atoms with Gasteiger partial charge in [-0.15, -0.1) is 0 Å². The minimum absolute atomic E-state index is 0.494. The molecule has 1 aromatic carbocycles. The summed E-state index contributed by atoms with van der Waals surface area (Å²) in [7, 11) is 0. The number of aryl methyl sites for hydroxylation is 1. The highest BCUT2D eigenvalue weighted by atomic mass is 15.4. The first-order chi connectivity index (χ1) is 14.5. The number of guanidine groups is 1. The Balaban J connectivity index is 1.55. The summed E-state index contributed by atoms with van der Waals surface area (Å²) in [5, 5.41) is 3.53. The van der Waals surface area contributed by atoms with Crippen molar-refractivity contribution in [1.82, 2.24) is 20.0 Å². The van der Waals surface area contributed by atoms with E-state index in [-0.39, 0.29) is 0 Å². The van der Waals surface area contributed by atoms with Crippen molar-refractivity contribution in [2.45, 2.75) is 40.7 Å². The lowest BCUT2D eigenvalue weighted by molar-refractivity contribution is 0.109. The maximum absolute atomic E-state index is 5.04.